The standard InChI is InChI=1S/C15H17N3O2S/c1-8-5-4-6-11-9(2)7-12(17-13(8)11)21-10(3)14(19)18-15(16)20/h4-7,10H,1-3H3,(H3,16,18,19,20)/t10-/m0/s1. The fourth-order valence-electron chi connectivity index (χ4n) is 2.05. The number of aromatic nitrogens is 1. The molecular formula is C15H17N3O2S. The normalized spacial score (nSPS) is 12.1. The number of fused-ring (bicyclic) bond motifs is 1. The SMILES string of the molecule is Cc1cc(S[C@@H](C)C(=O)NC(N)=O)nc2c(C)cccc12. The Bertz CT molecular complexity index is 715. The van der Waals surface area contributed by atoms with Gasteiger partial charge in [-0.2, -0.15) is 0 Å². The molecule has 0 aliphatic carbocycles. The van der Waals surface area contributed by atoms with Crippen molar-refractivity contribution in [2.45, 2.75) is 31.0 Å². The Balaban J connectivity index is 2.29. The second-order valence-electron chi connectivity index (χ2n) is 4.86. The zero-order chi connectivity index (χ0) is 15.6. The quantitative estimate of drug-likeness (QED) is 0.853. The van der Waals surface area contributed by atoms with E-state index in [2.05, 4.69) is 10.3 Å². The van der Waals surface area contributed by atoms with Gasteiger partial charge in [0.05, 0.1) is 15.8 Å². The first-order valence-corrected chi connectivity index (χ1v) is 7.40. The monoisotopic (exact) mass is 303 g/mol. The molecule has 0 saturated heterocycles. The van der Waals surface area contributed by atoms with Crippen molar-refractivity contribution in [1.29, 1.82) is 0 Å². The van der Waals surface area contributed by atoms with Gasteiger partial charge in [-0.1, -0.05) is 30.0 Å². The molecule has 1 atom stereocenters. The third-order valence-electron chi connectivity index (χ3n) is 3.14. The van der Waals surface area contributed by atoms with Gasteiger partial charge < -0.3 is 5.73 Å². The number of urea groups is 1. The number of para-hydroxylation sites is 1. The van der Waals surface area contributed by atoms with Gasteiger partial charge in [0.1, 0.15) is 0 Å². The summed E-state index contributed by atoms with van der Waals surface area (Å²) in [6.07, 6.45) is 0. The van der Waals surface area contributed by atoms with E-state index in [1.165, 1.54) is 11.8 Å². The fraction of sp³-hybridized carbons (Fsp3) is 0.267. The Morgan fingerprint density at radius 1 is 1.29 bits per heavy atom. The molecule has 1 heterocycles. The number of thioether (sulfide) groups is 1. The molecule has 0 aliphatic rings. The predicted octanol–water partition coefficient (Wildman–Crippen LogP) is 2.53. The van der Waals surface area contributed by atoms with Gasteiger partial charge in [-0.15, -0.1) is 0 Å². The molecule has 0 unspecified atom stereocenters. The molecule has 0 bridgehead atoms. The molecule has 0 fully saturated rings. The molecule has 3 N–H and O–H groups in total. The molecule has 2 aromatic rings. The summed E-state index contributed by atoms with van der Waals surface area (Å²) < 4.78 is 0. The maximum absolute atomic E-state index is 11.7. The van der Waals surface area contributed by atoms with Crippen LogP contribution in [0.15, 0.2) is 29.3 Å². The van der Waals surface area contributed by atoms with Crippen LogP contribution in [0.25, 0.3) is 10.9 Å². The maximum Gasteiger partial charge on any atom is 0.318 e. The molecule has 0 spiro atoms. The van der Waals surface area contributed by atoms with Gasteiger partial charge in [0.15, 0.2) is 0 Å². The van der Waals surface area contributed by atoms with E-state index >= 15 is 0 Å². The highest BCUT2D eigenvalue weighted by Crippen LogP contribution is 2.27. The van der Waals surface area contributed by atoms with Crippen LogP contribution in [0.3, 0.4) is 0 Å². The van der Waals surface area contributed by atoms with Crippen LogP contribution in [-0.2, 0) is 4.79 Å². The first-order chi connectivity index (χ1) is 9.88. The van der Waals surface area contributed by atoms with Gasteiger partial charge in [0.25, 0.3) is 0 Å². The highest BCUT2D eigenvalue weighted by atomic mass is 32.2. The molecule has 21 heavy (non-hydrogen) atoms. The fourth-order valence-corrected chi connectivity index (χ4v) is 2.97. The Labute approximate surface area is 127 Å². The van der Waals surface area contributed by atoms with Gasteiger partial charge >= 0.3 is 6.03 Å². The highest BCUT2D eigenvalue weighted by molar-refractivity contribution is 8.00. The highest BCUT2D eigenvalue weighted by Gasteiger charge is 2.17. The number of nitrogens with zero attached hydrogens (tertiary/aromatic N) is 1. The summed E-state index contributed by atoms with van der Waals surface area (Å²) >= 11 is 1.30. The van der Waals surface area contributed by atoms with Crippen molar-refractivity contribution >= 4 is 34.6 Å². The summed E-state index contributed by atoms with van der Waals surface area (Å²) in [4.78, 5) is 27.0. The lowest BCUT2D eigenvalue weighted by atomic mass is 10.1. The number of imide groups is 1. The largest absolute Gasteiger partial charge is 0.351 e. The molecular weight excluding hydrogens is 286 g/mol. The zero-order valence-electron chi connectivity index (χ0n) is 12.1. The number of primary amides is 1. The van der Waals surface area contributed by atoms with Gasteiger partial charge in [-0.25, -0.2) is 9.78 Å². The lowest BCUT2D eigenvalue weighted by Gasteiger charge is -2.12. The number of pyridine rings is 1. The van der Waals surface area contributed by atoms with Crippen LogP contribution in [0.5, 0.6) is 0 Å². The lowest BCUT2D eigenvalue weighted by Crippen LogP contribution is -2.39. The third kappa shape index (κ3) is 3.52. The van der Waals surface area contributed by atoms with E-state index in [9.17, 15) is 9.59 Å². The minimum absolute atomic E-state index is 0.420. The number of carbonyl (C=O) groups excluding carboxylic acids is 2. The molecule has 110 valence electrons. The molecule has 3 amide bonds. The predicted molar refractivity (Wildman–Crippen MR) is 84.3 cm³/mol. The van der Waals surface area contributed by atoms with Crippen LogP contribution in [0, 0.1) is 13.8 Å². The van der Waals surface area contributed by atoms with Crippen molar-refractivity contribution in [3.05, 3.63) is 35.4 Å². The summed E-state index contributed by atoms with van der Waals surface area (Å²) in [6.45, 7) is 5.73. The zero-order valence-corrected chi connectivity index (χ0v) is 13.0. The smallest absolute Gasteiger partial charge is 0.318 e. The summed E-state index contributed by atoms with van der Waals surface area (Å²) in [5, 5.41) is 3.48. The van der Waals surface area contributed by atoms with Crippen molar-refractivity contribution in [2.75, 3.05) is 0 Å². The molecule has 0 saturated carbocycles. The van der Waals surface area contributed by atoms with E-state index in [0.717, 1.165) is 27.1 Å². The molecule has 1 aromatic heterocycles. The first kappa shape index (κ1) is 15.3. The summed E-state index contributed by atoms with van der Waals surface area (Å²) in [7, 11) is 0. The van der Waals surface area contributed by atoms with E-state index in [4.69, 9.17) is 5.73 Å². The van der Waals surface area contributed by atoms with Gasteiger partial charge in [0, 0.05) is 5.39 Å². The van der Waals surface area contributed by atoms with E-state index in [1.807, 2.05) is 38.1 Å². The number of benzene rings is 1. The van der Waals surface area contributed by atoms with Crippen LogP contribution >= 0.6 is 11.8 Å². The van der Waals surface area contributed by atoms with E-state index in [-0.39, 0.29) is 0 Å². The van der Waals surface area contributed by atoms with Crippen LogP contribution in [0.2, 0.25) is 0 Å². The summed E-state index contributed by atoms with van der Waals surface area (Å²) in [5.41, 5.74) is 8.08. The van der Waals surface area contributed by atoms with Crippen LogP contribution in [-0.4, -0.2) is 22.2 Å². The Kier molecular flexibility index (Phi) is 4.47. The van der Waals surface area contributed by atoms with E-state index < -0.39 is 17.2 Å². The number of carbonyl (C=O) groups is 2. The minimum Gasteiger partial charge on any atom is -0.351 e. The lowest BCUT2D eigenvalue weighted by molar-refractivity contribution is -0.119. The van der Waals surface area contributed by atoms with Gasteiger partial charge in [-0.3, -0.25) is 10.1 Å². The van der Waals surface area contributed by atoms with E-state index in [0.29, 0.717) is 0 Å². The average Bonchev–Trinajstić information content (AvgIpc) is 2.39. The number of nitrogens with one attached hydrogen (secondary N) is 1. The topological polar surface area (TPSA) is 85.1 Å². The molecule has 6 heteroatoms. The van der Waals surface area contributed by atoms with Crippen molar-refractivity contribution in [3.8, 4) is 0 Å². The van der Waals surface area contributed by atoms with Crippen LogP contribution < -0.4 is 11.1 Å². The Hall–Kier alpha value is -2.08. The summed E-state index contributed by atoms with van der Waals surface area (Å²) in [6, 6.07) is 7.14. The van der Waals surface area contributed by atoms with Crippen LogP contribution in [0.1, 0.15) is 18.1 Å². The molecule has 0 aliphatic heterocycles. The van der Waals surface area contributed by atoms with E-state index in [1.54, 1.807) is 6.92 Å². The number of hydrogen-bond acceptors (Lipinski definition) is 4. The van der Waals surface area contributed by atoms with Gasteiger partial charge in [0.2, 0.25) is 5.91 Å². The van der Waals surface area contributed by atoms with Crippen molar-refractivity contribution in [3.63, 3.8) is 0 Å². The van der Waals surface area contributed by atoms with Crippen molar-refractivity contribution in [1.82, 2.24) is 10.3 Å². The Morgan fingerprint density at radius 3 is 2.67 bits per heavy atom. The maximum atomic E-state index is 11.7. The summed E-state index contributed by atoms with van der Waals surface area (Å²) in [5.74, 6) is -0.420. The number of nitrogens with two attached hydrogens (primary N) is 1. The van der Waals surface area contributed by atoms with Crippen molar-refractivity contribution in [2.24, 2.45) is 5.73 Å². The second kappa shape index (κ2) is 6.13. The third-order valence-corrected chi connectivity index (χ3v) is 4.16. The van der Waals surface area contributed by atoms with Gasteiger partial charge in [-0.05, 0) is 38.0 Å². The molecule has 0 radical (unpaired) electrons. The number of rotatable bonds is 3. The molecule has 5 nitrogen and oxygen atoms in total. The Morgan fingerprint density at radius 2 is 2.00 bits per heavy atom. The number of hydrogen-bond donors (Lipinski definition) is 2. The number of aryl methyl sites for hydroxylation is 2. The average molecular weight is 303 g/mol. The molecule has 1 aromatic carbocycles. The molecule has 2 rings (SSSR count). The minimum atomic E-state index is -0.842. The number of amides is 3. The first-order valence-electron chi connectivity index (χ1n) is 6.52. The van der Waals surface area contributed by atoms with Crippen LogP contribution in [0.4, 0.5) is 4.79 Å². The second-order valence-corrected chi connectivity index (χ2v) is 6.22. The van der Waals surface area contributed by atoms with Crippen molar-refractivity contribution < 1.29 is 9.59 Å².